The van der Waals surface area contributed by atoms with Crippen LogP contribution in [0, 0.1) is 0 Å². The minimum Gasteiger partial charge on any atom is -0.453 e. The number of hydrogen-bond acceptors (Lipinski definition) is 2. The number of furan rings is 1. The minimum atomic E-state index is 0.380. The van der Waals surface area contributed by atoms with Crippen molar-refractivity contribution in [1.29, 1.82) is 0 Å². The van der Waals surface area contributed by atoms with Gasteiger partial charge in [-0.1, -0.05) is 40.8 Å². The van der Waals surface area contributed by atoms with Gasteiger partial charge >= 0.3 is 0 Å². The normalized spacial score (nSPS) is 20.6. The Kier molecular flexibility index (Phi) is 2.86. The van der Waals surface area contributed by atoms with Crippen LogP contribution >= 0.6 is 22.6 Å². The molecule has 2 nitrogen and oxygen atoms in total. The first-order valence-electron chi connectivity index (χ1n) is 4.37. The second kappa shape index (κ2) is 4.13. The summed E-state index contributed by atoms with van der Waals surface area (Å²) in [4.78, 5) is 10.4. The molecule has 0 bridgehead atoms. The van der Waals surface area contributed by atoms with Gasteiger partial charge in [0.05, 0.1) is 0 Å². The zero-order chi connectivity index (χ0) is 9.97. The van der Waals surface area contributed by atoms with Crippen LogP contribution in [-0.2, 0) is 0 Å². The monoisotopic (exact) mass is 300 g/mol. The first-order valence-corrected chi connectivity index (χ1v) is 5.62. The summed E-state index contributed by atoms with van der Waals surface area (Å²) in [5.41, 5.74) is 1.06. The molecule has 1 atom stereocenters. The second-order valence-electron chi connectivity index (χ2n) is 3.10. The molecule has 1 aromatic rings. The van der Waals surface area contributed by atoms with Gasteiger partial charge in [0.2, 0.25) is 0 Å². The quantitative estimate of drug-likeness (QED) is 0.477. The SMILES string of the molecule is O=Cc1ccc(C2=CC(I)CC=C2)o1. The van der Waals surface area contributed by atoms with E-state index >= 15 is 0 Å². The van der Waals surface area contributed by atoms with E-state index in [1.54, 1.807) is 6.07 Å². The average molecular weight is 300 g/mol. The van der Waals surface area contributed by atoms with Gasteiger partial charge < -0.3 is 4.42 Å². The number of allylic oxidation sites excluding steroid dienone is 4. The third kappa shape index (κ3) is 1.97. The van der Waals surface area contributed by atoms with Crippen molar-refractivity contribution in [2.24, 2.45) is 0 Å². The molecule has 3 heteroatoms. The Morgan fingerprint density at radius 2 is 2.36 bits per heavy atom. The van der Waals surface area contributed by atoms with Crippen molar-refractivity contribution >= 4 is 34.5 Å². The topological polar surface area (TPSA) is 30.2 Å². The largest absolute Gasteiger partial charge is 0.453 e. The lowest BCUT2D eigenvalue weighted by Crippen LogP contribution is -1.96. The molecule has 1 aliphatic rings. The number of carbonyl (C=O) groups excluding carboxylic acids is 1. The smallest absolute Gasteiger partial charge is 0.185 e. The van der Waals surface area contributed by atoms with Crippen LogP contribution in [0.3, 0.4) is 0 Å². The fourth-order valence-corrected chi connectivity index (χ4v) is 2.06. The summed E-state index contributed by atoms with van der Waals surface area (Å²) < 4.78 is 5.84. The summed E-state index contributed by atoms with van der Waals surface area (Å²) in [5.74, 6) is 1.15. The van der Waals surface area contributed by atoms with E-state index in [1.165, 1.54) is 0 Å². The Morgan fingerprint density at radius 3 is 3.00 bits per heavy atom. The van der Waals surface area contributed by atoms with Crippen LogP contribution in [0.15, 0.2) is 34.8 Å². The molecular weight excluding hydrogens is 291 g/mol. The zero-order valence-electron chi connectivity index (χ0n) is 7.44. The standard InChI is InChI=1S/C11H9IO2/c12-9-3-1-2-8(6-9)11-5-4-10(7-13)14-11/h1-2,4-7,9H,3H2. The molecule has 0 fully saturated rings. The first-order chi connectivity index (χ1) is 6.79. The average Bonchev–Trinajstić information content (AvgIpc) is 2.66. The van der Waals surface area contributed by atoms with E-state index in [-0.39, 0.29) is 0 Å². The lowest BCUT2D eigenvalue weighted by molar-refractivity contribution is 0.110. The van der Waals surface area contributed by atoms with Crippen LogP contribution in [0.25, 0.3) is 5.57 Å². The highest BCUT2D eigenvalue weighted by atomic mass is 127. The third-order valence-corrected chi connectivity index (χ3v) is 2.91. The van der Waals surface area contributed by atoms with Crippen molar-refractivity contribution in [2.75, 3.05) is 0 Å². The third-order valence-electron chi connectivity index (χ3n) is 2.05. The summed E-state index contributed by atoms with van der Waals surface area (Å²) in [6.07, 6.45) is 8.08. The van der Waals surface area contributed by atoms with Crippen molar-refractivity contribution in [3.63, 3.8) is 0 Å². The van der Waals surface area contributed by atoms with Gasteiger partial charge in [-0.25, -0.2) is 0 Å². The van der Waals surface area contributed by atoms with E-state index in [4.69, 9.17) is 4.42 Å². The lowest BCUT2D eigenvalue weighted by Gasteiger charge is -2.08. The first kappa shape index (κ1) is 9.71. The number of aldehydes is 1. The van der Waals surface area contributed by atoms with Gasteiger partial charge in [-0.15, -0.1) is 0 Å². The molecule has 2 rings (SSSR count). The predicted molar refractivity (Wildman–Crippen MR) is 63.6 cm³/mol. The summed E-state index contributed by atoms with van der Waals surface area (Å²) in [7, 11) is 0. The molecule has 0 spiro atoms. The molecule has 0 saturated carbocycles. The van der Waals surface area contributed by atoms with Crippen molar-refractivity contribution in [3.8, 4) is 0 Å². The maximum Gasteiger partial charge on any atom is 0.185 e. The van der Waals surface area contributed by atoms with Crippen molar-refractivity contribution in [1.82, 2.24) is 0 Å². The highest BCUT2D eigenvalue weighted by molar-refractivity contribution is 14.1. The van der Waals surface area contributed by atoms with E-state index in [0.29, 0.717) is 9.68 Å². The van der Waals surface area contributed by atoms with E-state index in [9.17, 15) is 4.79 Å². The van der Waals surface area contributed by atoms with Gasteiger partial charge in [0.1, 0.15) is 5.76 Å². The number of halogens is 1. The van der Waals surface area contributed by atoms with Gasteiger partial charge in [-0.3, -0.25) is 4.79 Å². The van der Waals surface area contributed by atoms with Crippen LogP contribution in [0.2, 0.25) is 0 Å². The maximum absolute atomic E-state index is 10.4. The van der Waals surface area contributed by atoms with E-state index in [0.717, 1.165) is 24.0 Å². The number of carbonyl (C=O) groups is 1. The molecule has 0 amide bonds. The van der Waals surface area contributed by atoms with Crippen molar-refractivity contribution in [3.05, 3.63) is 41.9 Å². The number of rotatable bonds is 2. The maximum atomic E-state index is 10.4. The Hall–Kier alpha value is -0.840. The molecular formula is C11H9IO2. The molecule has 72 valence electrons. The molecule has 1 heterocycles. The Bertz CT molecular complexity index is 401. The zero-order valence-corrected chi connectivity index (χ0v) is 9.60. The van der Waals surface area contributed by atoms with Gasteiger partial charge in [0, 0.05) is 9.50 Å². The van der Waals surface area contributed by atoms with Crippen LogP contribution < -0.4 is 0 Å². The molecule has 0 saturated heterocycles. The molecule has 0 radical (unpaired) electrons. The fourth-order valence-electron chi connectivity index (χ4n) is 1.38. The van der Waals surface area contributed by atoms with Gasteiger partial charge in [-0.05, 0) is 18.6 Å². The van der Waals surface area contributed by atoms with Gasteiger partial charge in [0.15, 0.2) is 12.0 Å². The number of alkyl halides is 1. The molecule has 14 heavy (non-hydrogen) atoms. The second-order valence-corrected chi connectivity index (χ2v) is 4.70. The summed E-state index contributed by atoms with van der Waals surface area (Å²) in [6.45, 7) is 0. The Balaban J connectivity index is 2.30. The van der Waals surface area contributed by atoms with E-state index in [2.05, 4.69) is 34.7 Å². The Morgan fingerprint density at radius 1 is 1.50 bits per heavy atom. The molecule has 1 aliphatic carbocycles. The lowest BCUT2D eigenvalue weighted by atomic mass is 10.1. The van der Waals surface area contributed by atoms with Gasteiger partial charge in [-0.2, -0.15) is 0 Å². The molecule has 0 aromatic carbocycles. The highest BCUT2D eigenvalue weighted by Gasteiger charge is 2.10. The Labute approximate surface area is 95.8 Å². The van der Waals surface area contributed by atoms with Crippen LogP contribution in [0.4, 0.5) is 0 Å². The highest BCUT2D eigenvalue weighted by Crippen LogP contribution is 2.26. The summed E-state index contributed by atoms with van der Waals surface area (Å²) >= 11 is 2.38. The van der Waals surface area contributed by atoms with E-state index in [1.807, 2.05) is 12.1 Å². The predicted octanol–water partition coefficient (Wildman–Crippen LogP) is 3.24. The summed E-state index contributed by atoms with van der Waals surface area (Å²) in [5, 5.41) is 0. The van der Waals surface area contributed by atoms with Crippen LogP contribution in [-0.4, -0.2) is 10.2 Å². The molecule has 1 unspecified atom stereocenters. The van der Waals surface area contributed by atoms with Gasteiger partial charge in [0.25, 0.3) is 0 Å². The van der Waals surface area contributed by atoms with Crippen molar-refractivity contribution in [2.45, 2.75) is 10.3 Å². The van der Waals surface area contributed by atoms with Crippen LogP contribution in [0.1, 0.15) is 22.7 Å². The number of hydrogen-bond donors (Lipinski definition) is 0. The minimum absolute atomic E-state index is 0.380. The molecule has 0 N–H and O–H groups in total. The molecule has 0 aliphatic heterocycles. The van der Waals surface area contributed by atoms with Crippen molar-refractivity contribution < 1.29 is 9.21 Å². The fraction of sp³-hybridized carbons (Fsp3) is 0.182. The summed E-state index contributed by atoms with van der Waals surface area (Å²) in [6, 6.07) is 3.52. The van der Waals surface area contributed by atoms with Crippen LogP contribution in [0.5, 0.6) is 0 Å². The molecule has 1 aromatic heterocycles. The van der Waals surface area contributed by atoms with E-state index < -0.39 is 0 Å².